The monoisotopic (exact) mass is 601 g/mol. The van der Waals surface area contributed by atoms with Crippen LogP contribution in [-0.4, -0.2) is 15.0 Å². The molecule has 0 unspecified atom stereocenters. The fourth-order valence-corrected chi connectivity index (χ4v) is 6.29. The predicted molar refractivity (Wildman–Crippen MR) is 192 cm³/mol. The maximum absolute atomic E-state index is 6.34. The van der Waals surface area contributed by atoms with E-state index in [2.05, 4.69) is 127 Å². The van der Waals surface area contributed by atoms with Gasteiger partial charge in [-0.1, -0.05) is 146 Å². The molecule has 47 heavy (non-hydrogen) atoms. The van der Waals surface area contributed by atoms with E-state index in [0.29, 0.717) is 17.5 Å². The van der Waals surface area contributed by atoms with Crippen molar-refractivity contribution in [3.63, 3.8) is 0 Å². The third-order valence-electron chi connectivity index (χ3n) is 8.76. The van der Waals surface area contributed by atoms with Crippen LogP contribution in [0, 0.1) is 0 Å². The van der Waals surface area contributed by atoms with Crippen molar-refractivity contribution in [3.05, 3.63) is 164 Å². The molecule has 0 atom stereocenters. The van der Waals surface area contributed by atoms with E-state index in [4.69, 9.17) is 19.4 Å². The van der Waals surface area contributed by atoms with Crippen LogP contribution in [0.4, 0.5) is 0 Å². The van der Waals surface area contributed by atoms with Gasteiger partial charge in [0.05, 0.1) is 0 Å². The summed E-state index contributed by atoms with van der Waals surface area (Å²) in [5.41, 5.74) is 9.20. The molecule has 9 rings (SSSR count). The molecule has 2 heterocycles. The van der Waals surface area contributed by atoms with Gasteiger partial charge in [-0.15, -0.1) is 0 Å². The van der Waals surface area contributed by atoms with Gasteiger partial charge in [-0.2, -0.15) is 0 Å². The molecule has 0 amide bonds. The van der Waals surface area contributed by atoms with E-state index in [-0.39, 0.29) is 0 Å². The highest BCUT2D eigenvalue weighted by molar-refractivity contribution is 6.15. The van der Waals surface area contributed by atoms with Crippen LogP contribution in [0.1, 0.15) is 0 Å². The minimum atomic E-state index is 0.635. The summed E-state index contributed by atoms with van der Waals surface area (Å²) >= 11 is 0. The first-order chi connectivity index (χ1) is 23.3. The summed E-state index contributed by atoms with van der Waals surface area (Å²) in [6, 6.07) is 56.4. The summed E-state index contributed by atoms with van der Waals surface area (Å²) < 4.78 is 6.34. The summed E-state index contributed by atoms with van der Waals surface area (Å²) in [7, 11) is 0. The van der Waals surface area contributed by atoms with Gasteiger partial charge in [0.25, 0.3) is 0 Å². The lowest BCUT2D eigenvalue weighted by molar-refractivity contribution is 0.672. The normalized spacial score (nSPS) is 11.4. The Kier molecular flexibility index (Phi) is 6.43. The van der Waals surface area contributed by atoms with Crippen molar-refractivity contribution in [2.45, 2.75) is 0 Å². The van der Waals surface area contributed by atoms with Crippen LogP contribution in [0.25, 0.3) is 89.1 Å². The number of aromatic nitrogens is 3. The number of fused-ring (bicyclic) bond motifs is 5. The SMILES string of the molecule is c1ccc(-c2ccc(-c3nc(-c4ccccc4)nc(-c4ccc(-c5ccc6oc7c8ccccc8ccc7c6c5)cc4)n3)cc2)cc1. The zero-order valence-electron chi connectivity index (χ0n) is 25.3. The molecule has 0 radical (unpaired) electrons. The molecule has 9 aromatic rings. The molecule has 2 aromatic heterocycles. The van der Waals surface area contributed by atoms with E-state index in [1.54, 1.807) is 0 Å². The van der Waals surface area contributed by atoms with E-state index in [1.165, 1.54) is 10.9 Å². The van der Waals surface area contributed by atoms with Gasteiger partial charge in [-0.25, -0.2) is 15.0 Å². The molecule has 4 nitrogen and oxygen atoms in total. The minimum absolute atomic E-state index is 0.635. The standard InChI is InChI=1S/C43H27N3O/c1-3-9-28(10-4-1)29-15-19-33(20-16-29)42-44-41(32-12-5-2-6-13-32)45-43(46-42)34-21-17-30(18-22-34)35-24-26-39-38(27-35)37-25-23-31-11-7-8-14-36(31)40(37)47-39/h1-27H. The molecule has 0 fully saturated rings. The molecule has 0 N–H and O–H groups in total. The van der Waals surface area contributed by atoms with Gasteiger partial charge in [0.1, 0.15) is 11.2 Å². The van der Waals surface area contributed by atoms with Gasteiger partial charge in [-0.05, 0) is 45.8 Å². The third kappa shape index (κ3) is 4.93. The summed E-state index contributed by atoms with van der Waals surface area (Å²) in [4.78, 5) is 14.8. The summed E-state index contributed by atoms with van der Waals surface area (Å²) in [5, 5.41) is 4.54. The van der Waals surface area contributed by atoms with Crippen molar-refractivity contribution >= 4 is 32.7 Å². The van der Waals surface area contributed by atoms with Crippen LogP contribution in [0.5, 0.6) is 0 Å². The second-order valence-electron chi connectivity index (χ2n) is 11.7. The fraction of sp³-hybridized carbons (Fsp3) is 0. The van der Waals surface area contributed by atoms with E-state index in [1.807, 2.05) is 36.4 Å². The lowest BCUT2D eigenvalue weighted by atomic mass is 10.0. The van der Waals surface area contributed by atoms with Crippen molar-refractivity contribution in [1.82, 2.24) is 15.0 Å². The van der Waals surface area contributed by atoms with Gasteiger partial charge in [0, 0.05) is 32.8 Å². The first kappa shape index (κ1) is 27.0. The van der Waals surface area contributed by atoms with Crippen molar-refractivity contribution < 1.29 is 4.42 Å². The highest BCUT2D eigenvalue weighted by Crippen LogP contribution is 2.36. The van der Waals surface area contributed by atoms with Crippen molar-refractivity contribution in [1.29, 1.82) is 0 Å². The lowest BCUT2D eigenvalue weighted by Gasteiger charge is -2.10. The average Bonchev–Trinajstić information content (AvgIpc) is 3.54. The van der Waals surface area contributed by atoms with Crippen molar-refractivity contribution in [2.24, 2.45) is 0 Å². The molecule has 7 aromatic carbocycles. The van der Waals surface area contributed by atoms with Crippen LogP contribution in [-0.2, 0) is 0 Å². The van der Waals surface area contributed by atoms with Crippen LogP contribution >= 0.6 is 0 Å². The van der Waals surface area contributed by atoms with Gasteiger partial charge >= 0.3 is 0 Å². The molecule has 0 aliphatic carbocycles. The topological polar surface area (TPSA) is 51.8 Å². The zero-order valence-corrected chi connectivity index (χ0v) is 25.3. The quantitative estimate of drug-likeness (QED) is 0.197. The van der Waals surface area contributed by atoms with Crippen molar-refractivity contribution in [2.75, 3.05) is 0 Å². The minimum Gasteiger partial charge on any atom is -0.455 e. The molecule has 0 saturated heterocycles. The molecule has 0 saturated carbocycles. The van der Waals surface area contributed by atoms with Crippen LogP contribution in [0.15, 0.2) is 168 Å². The Hall–Kier alpha value is -6.39. The smallest absolute Gasteiger partial charge is 0.164 e. The third-order valence-corrected chi connectivity index (χ3v) is 8.76. The molecular weight excluding hydrogens is 574 g/mol. The van der Waals surface area contributed by atoms with Crippen molar-refractivity contribution in [3.8, 4) is 56.4 Å². The summed E-state index contributed by atoms with van der Waals surface area (Å²) in [6.45, 7) is 0. The first-order valence-corrected chi connectivity index (χ1v) is 15.7. The number of hydrogen-bond acceptors (Lipinski definition) is 4. The summed E-state index contributed by atoms with van der Waals surface area (Å²) in [5.74, 6) is 1.92. The number of benzene rings is 7. The van der Waals surface area contributed by atoms with Gasteiger partial charge in [0.2, 0.25) is 0 Å². The second-order valence-corrected chi connectivity index (χ2v) is 11.7. The average molecular weight is 602 g/mol. The Labute approximate surface area is 271 Å². The number of rotatable bonds is 5. The molecule has 0 aliphatic heterocycles. The molecule has 0 bridgehead atoms. The fourth-order valence-electron chi connectivity index (χ4n) is 6.29. The van der Waals surface area contributed by atoms with E-state index in [9.17, 15) is 0 Å². The molecule has 4 heteroatoms. The Morgan fingerprint density at radius 2 is 0.787 bits per heavy atom. The van der Waals surface area contributed by atoms with E-state index < -0.39 is 0 Å². The highest BCUT2D eigenvalue weighted by Gasteiger charge is 2.14. The molecule has 220 valence electrons. The Morgan fingerprint density at radius 3 is 1.43 bits per heavy atom. The van der Waals surface area contributed by atoms with Crippen LogP contribution in [0.3, 0.4) is 0 Å². The molecule has 0 spiro atoms. The van der Waals surface area contributed by atoms with Gasteiger partial charge < -0.3 is 4.42 Å². The predicted octanol–water partition coefficient (Wildman–Crippen LogP) is 11.3. The first-order valence-electron chi connectivity index (χ1n) is 15.7. The Morgan fingerprint density at radius 1 is 0.319 bits per heavy atom. The summed E-state index contributed by atoms with van der Waals surface area (Å²) in [6.07, 6.45) is 0. The lowest BCUT2D eigenvalue weighted by Crippen LogP contribution is -2.00. The van der Waals surface area contributed by atoms with E-state index in [0.717, 1.165) is 60.7 Å². The number of nitrogens with zero attached hydrogens (tertiary/aromatic N) is 3. The van der Waals surface area contributed by atoms with E-state index >= 15 is 0 Å². The Balaban J connectivity index is 1.09. The highest BCUT2D eigenvalue weighted by atomic mass is 16.3. The van der Waals surface area contributed by atoms with Gasteiger partial charge in [-0.3, -0.25) is 0 Å². The zero-order chi connectivity index (χ0) is 31.2. The van der Waals surface area contributed by atoms with Crippen LogP contribution < -0.4 is 0 Å². The maximum atomic E-state index is 6.34. The molecule has 0 aliphatic rings. The number of furan rings is 1. The molecular formula is C43H27N3O. The Bertz CT molecular complexity index is 2540. The van der Waals surface area contributed by atoms with Gasteiger partial charge in [0.15, 0.2) is 17.5 Å². The number of hydrogen-bond donors (Lipinski definition) is 0. The van der Waals surface area contributed by atoms with Crippen LogP contribution in [0.2, 0.25) is 0 Å². The largest absolute Gasteiger partial charge is 0.455 e. The maximum Gasteiger partial charge on any atom is 0.164 e. The second kappa shape index (κ2) is 11.2.